The van der Waals surface area contributed by atoms with E-state index in [1.807, 2.05) is 13.8 Å². The third kappa shape index (κ3) is 3.86. The average Bonchev–Trinajstić information content (AvgIpc) is 2.26. The fraction of sp³-hybridized carbons (Fsp3) is 0.455. The highest BCUT2D eigenvalue weighted by atomic mass is 16.5. The van der Waals surface area contributed by atoms with Gasteiger partial charge in [0.1, 0.15) is 5.69 Å². The van der Waals surface area contributed by atoms with Gasteiger partial charge >= 0.3 is 0 Å². The molecule has 2 N–H and O–H groups in total. The van der Waals surface area contributed by atoms with Gasteiger partial charge in [0.2, 0.25) is 5.56 Å². The number of pyridine rings is 1. The molecule has 5 heteroatoms. The van der Waals surface area contributed by atoms with Crippen molar-refractivity contribution in [3.8, 4) is 0 Å². The van der Waals surface area contributed by atoms with Gasteiger partial charge in [-0.05, 0) is 19.9 Å². The van der Waals surface area contributed by atoms with E-state index in [4.69, 9.17) is 4.74 Å². The molecule has 0 aliphatic rings. The lowest BCUT2D eigenvalue weighted by atomic mass is 10.3. The number of H-pyrrole nitrogens is 1. The molecule has 0 fully saturated rings. The van der Waals surface area contributed by atoms with Gasteiger partial charge in [0, 0.05) is 19.2 Å². The number of nitrogens with one attached hydrogen (secondary N) is 2. The molecule has 1 unspecified atom stereocenters. The van der Waals surface area contributed by atoms with Crippen LogP contribution in [0.1, 0.15) is 24.3 Å². The van der Waals surface area contributed by atoms with Crippen molar-refractivity contribution in [1.29, 1.82) is 0 Å². The Morgan fingerprint density at radius 3 is 2.94 bits per heavy atom. The summed E-state index contributed by atoms with van der Waals surface area (Å²) in [5.41, 5.74) is -0.0262. The predicted molar refractivity (Wildman–Crippen MR) is 60.5 cm³/mol. The summed E-state index contributed by atoms with van der Waals surface area (Å²) in [6, 6.07) is 4.46. The SMILES string of the molecule is CCOC(C)CNC(=O)c1cccc(=O)[nH]1. The lowest BCUT2D eigenvalue weighted by molar-refractivity contribution is 0.0693. The summed E-state index contributed by atoms with van der Waals surface area (Å²) in [7, 11) is 0. The minimum absolute atomic E-state index is 0.0376. The first kappa shape index (κ1) is 12.4. The molecule has 0 saturated carbocycles. The highest BCUT2D eigenvalue weighted by Crippen LogP contribution is 1.92. The molecule has 0 saturated heterocycles. The van der Waals surface area contributed by atoms with Gasteiger partial charge in [-0.2, -0.15) is 0 Å². The van der Waals surface area contributed by atoms with E-state index in [0.717, 1.165) is 0 Å². The highest BCUT2D eigenvalue weighted by molar-refractivity contribution is 5.92. The number of ether oxygens (including phenoxy) is 1. The van der Waals surface area contributed by atoms with Gasteiger partial charge in [0.15, 0.2) is 0 Å². The minimum atomic E-state index is -0.302. The monoisotopic (exact) mass is 224 g/mol. The van der Waals surface area contributed by atoms with Crippen molar-refractivity contribution in [3.05, 3.63) is 34.2 Å². The zero-order chi connectivity index (χ0) is 12.0. The van der Waals surface area contributed by atoms with Crippen LogP contribution < -0.4 is 10.9 Å². The summed E-state index contributed by atoms with van der Waals surface area (Å²) in [5.74, 6) is -0.302. The third-order valence-electron chi connectivity index (χ3n) is 2.01. The average molecular weight is 224 g/mol. The molecule has 1 atom stereocenters. The first-order valence-electron chi connectivity index (χ1n) is 5.22. The first-order chi connectivity index (χ1) is 7.63. The fourth-order valence-corrected chi connectivity index (χ4v) is 1.26. The normalized spacial score (nSPS) is 12.1. The zero-order valence-corrected chi connectivity index (χ0v) is 9.45. The van der Waals surface area contributed by atoms with Crippen molar-refractivity contribution in [1.82, 2.24) is 10.3 Å². The number of hydrogen-bond acceptors (Lipinski definition) is 3. The molecule has 1 rings (SSSR count). The van der Waals surface area contributed by atoms with Crippen LogP contribution >= 0.6 is 0 Å². The lowest BCUT2D eigenvalue weighted by Gasteiger charge is -2.12. The zero-order valence-electron chi connectivity index (χ0n) is 9.45. The van der Waals surface area contributed by atoms with Crippen molar-refractivity contribution < 1.29 is 9.53 Å². The summed E-state index contributed by atoms with van der Waals surface area (Å²) in [5, 5.41) is 2.68. The van der Waals surface area contributed by atoms with Crippen LogP contribution in [0, 0.1) is 0 Å². The molecule has 0 aliphatic heterocycles. The molecule has 0 aliphatic carbocycles. The van der Waals surface area contributed by atoms with Crippen LogP contribution in [0.25, 0.3) is 0 Å². The molecule has 1 aromatic rings. The van der Waals surface area contributed by atoms with Gasteiger partial charge in [-0.15, -0.1) is 0 Å². The Morgan fingerprint density at radius 1 is 1.56 bits per heavy atom. The van der Waals surface area contributed by atoms with E-state index in [-0.39, 0.29) is 23.3 Å². The van der Waals surface area contributed by atoms with Gasteiger partial charge < -0.3 is 15.0 Å². The van der Waals surface area contributed by atoms with Crippen molar-refractivity contribution in [2.75, 3.05) is 13.2 Å². The number of amides is 1. The maximum absolute atomic E-state index is 11.6. The second kappa shape index (κ2) is 6.07. The number of carbonyl (C=O) groups excluding carboxylic acids is 1. The molecular weight excluding hydrogens is 208 g/mol. The maximum atomic E-state index is 11.6. The van der Waals surface area contributed by atoms with Crippen LogP contribution in [-0.4, -0.2) is 30.1 Å². The van der Waals surface area contributed by atoms with Crippen molar-refractivity contribution in [3.63, 3.8) is 0 Å². The summed E-state index contributed by atoms with van der Waals surface area (Å²) >= 11 is 0. The Hall–Kier alpha value is -1.62. The topological polar surface area (TPSA) is 71.2 Å². The highest BCUT2D eigenvalue weighted by Gasteiger charge is 2.07. The largest absolute Gasteiger partial charge is 0.377 e. The summed E-state index contributed by atoms with van der Waals surface area (Å²) in [6.07, 6.45) is -0.0376. The third-order valence-corrected chi connectivity index (χ3v) is 2.01. The smallest absolute Gasteiger partial charge is 0.267 e. The van der Waals surface area contributed by atoms with Gasteiger partial charge in [-0.1, -0.05) is 6.07 Å². The summed E-state index contributed by atoms with van der Waals surface area (Å²) < 4.78 is 5.27. The molecule has 5 nitrogen and oxygen atoms in total. The molecule has 1 heterocycles. The van der Waals surface area contributed by atoms with Gasteiger partial charge in [-0.25, -0.2) is 0 Å². The molecular formula is C11H16N2O3. The van der Waals surface area contributed by atoms with E-state index in [2.05, 4.69) is 10.3 Å². The van der Waals surface area contributed by atoms with Crippen LogP contribution in [0.15, 0.2) is 23.0 Å². The number of aromatic nitrogens is 1. The number of carbonyl (C=O) groups is 1. The number of aromatic amines is 1. The fourth-order valence-electron chi connectivity index (χ4n) is 1.26. The summed E-state index contributed by atoms with van der Waals surface area (Å²) in [6.45, 7) is 4.80. The Bertz CT molecular complexity index is 400. The van der Waals surface area contributed by atoms with Crippen molar-refractivity contribution in [2.24, 2.45) is 0 Å². The Labute approximate surface area is 93.8 Å². The predicted octanol–water partition coefficient (Wildman–Crippen LogP) is 0.530. The molecule has 0 aromatic carbocycles. The van der Waals surface area contributed by atoms with Gasteiger partial charge in [0.05, 0.1) is 6.10 Å². The molecule has 0 bridgehead atoms. The van der Waals surface area contributed by atoms with Crippen LogP contribution in [0.4, 0.5) is 0 Å². The van der Waals surface area contributed by atoms with E-state index in [9.17, 15) is 9.59 Å². The van der Waals surface area contributed by atoms with Crippen LogP contribution in [0.5, 0.6) is 0 Å². The Kier molecular flexibility index (Phi) is 4.72. The van der Waals surface area contributed by atoms with Crippen LogP contribution in [0.2, 0.25) is 0 Å². The lowest BCUT2D eigenvalue weighted by Crippen LogP contribution is -2.33. The van der Waals surface area contributed by atoms with E-state index >= 15 is 0 Å². The van der Waals surface area contributed by atoms with E-state index < -0.39 is 0 Å². The molecule has 88 valence electrons. The van der Waals surface area contributed by atoms with Gasteiger partial charge in [-0.3, -0.25) is 9.59 Å². The second-order valence-corrected chi connectivity index (χ2v) is 3.40. The summed E-state index contributed by atoms with van der Waals surface area (Å²) in [4.78, 5) is 25.0. The molecule has 1 amide bonds. The standard InChI is InChI=1S/C11H16N2O3/c1-3-16-8(2)7-12-11(15)9-5-4-6-10(14)13-9/h4-6,8H,3,7H2,1-2H3,(H,12,15)(H,13,14). The maximum Gasteiger partial charge on any atom is 0.267 e. The number of rotatable bonds is 5. The second-order valence-electron chi connectivity index (χ2n) is 3.40. The quantitative estimate of drug-likeness (QED) is 0.766. The van der Waals surface area contributed by atoms with E-state index in [1.165, 1.54) is 6.07 Å². The van der Waals surface area contributed by atoms with Crippen LogP contribution in [0.3, 0.4) is 0 Å². The molecule has 1 aromatic heterocycles. The number of hydrogen-bond donors (Lipinski definition) is 2. The molecule has 0 radical (unpaired) electrons. The van der Waals surface area contributed by atoms with E-state index in [1.54, 1.807) is 12.1 Å². The first-order valence-corrected chi connectivity index (χ1v) is 5.22. The Balaban J connectivity index is 2.50. The van der Waals surface area contributed by atoms with Crippen LogP contribution in [-0.2, 0) is 4.74 Å². The molecule has 0 spiro atoms. The van der Waals surface area contributed by atoms with E-state index in [0.29, 0.717) is 13.2 Å². The Morgan fingerprint density at radius 2 is 2.31 bits per heavy atom. The van der Waals surface area contributed by atoms with Gasteiger partial charge in [0.25, 0.3) is 5.91 Å². The molecule has 16 heavy (non-hydrogen) atoms. The van der Waals surface area contributed by atoms with Crippen molar-refractivity contribution in [2.45, 2.75) is 20.0 Å². The van der Waals surface area contributed by atoms with Crippen molar-refractivity contribution >= 4 is 5.91 Å². The minimum Gasteiger partial charge on any atom is -0.377 e.